The molecule has 0 bridgehead atoms. The molecular weight excluding hydrogens is 450 g/mol. The summed E-state index contributed by atoms with van der Waals surface area (Å²) in [7, 11) is 0. The Labute approximate surface area is 210 Å². The maximum absolute atomic E-state index is 10.9. The fraction of sp³-hybridized carbons (Fsp3) is 0.741. The van der Waals surface area contributed by atoms with Crippen LogP contribution in [0.3, 0.4) is 0 Å². The van der Waals surface area contributed by atoms with E-state index >= 15 is 0 Å². The smallest absolute Gasteiger partial charge is 0.171 e. The predicted molar refractivity (Wildman–Crippen MR) is 144 cm³/mol. The number of hydrogen-bond acceptors (Lipinski definition) is 6. The fourth-order valence-electron chi connectivity index (χ4n) is 4.19. The van der Waals surface area contributed by atoms with Gasteiger partial charge >= 0.3 is 0 Å². The van der Waals surface area contributed by atoms with E-state index in [1.54, 1.807) is 23.1 Å². The number of hydrogen-bond donors (Lipinski definition) is 1. The van der Waals surface area contributed by atoms with Crippen molar-refractivity contribution in [3.63, 3.8) is 0 Å². The molecule has 1 aromatic heterocycles. The molecule has 0 aliphatic carbocycles. The van der Waals surface area contributed by atoms with Crippen LogP contribution < -0.4 is 0 Å². The third-order valence-electron chi connectivity index (χ3n) is 6.58. The maximum atomic E-state index is 10.9. The van der Waals surface area contributed by atoms with Crippen molar-refractivity contribution in [2.24, 2.45) is 11.8 Å². The summed E-state index contributed by atoms with van der Waals surface area (Å²) in [5.41, 5.74) is 3.90. The first-order chi connectivity index (χ1) is 15.5. The number of thiazole rings is 1. The zero-order valence-electron chi connectivity index (χ0n) is 21.9. The van der Waals surface area contributed by atoms with Gasteiger partial charge < -0.3 is 14.6 Å². The minimum atomic E-state index is -0.331. The number of aryl methyl sites for hydroxylation is 1. The zero-order chi connectivity index (χ0) is 24.6. The molecule has 33 heavy (non-hydrogen) atoms. The molecule has 0 aromatic carbocycles. The highest BCUT2D eigenvalue weighted by molar-refractivity contribution is 8.01. The van der Waals surface area contributed by atoms with Crippen LogP contribution in [0.1, 0.15) is 84.9 Å². The van der Waals surface area contributed by atoms with E-state index in [9.17, 15) is 5.11 Å². The Hall–Kier alpha value is -0.660. The summed E-state index contributed by atoms with van der Waals surface area (Å²) in [6, 6.07) is 0. The van der Waals surface area contributed by atoms with E-state index in [2.05, 4.69) is 71.0 Å². The molecule has 0 amide bonds. The van der Waals surface area contributed by atoms with E-state index in [1.165, 1.54) is 11.1 Å². The van der Waals surface area contributed by atoms with Gasteiger partial charge in [-0.1, -0.05) is 38.0 Å². The molecule has 1 aromatic rings. The summed E-state index contributed by atoms with van der Waals surface area (Å²) < 4.78 is 11.2. The molecule has 1 aliphatic heterocycles. The Kier molecular flexibility index (Phi) is 11.6. The Morgan fingerprint density at radius 2 is 1.94 bits per heavy atom. The maximum Gasteiger partial charge on any atom is 0.171 e. The summed E-state index contributed by atoms with van der Waals surface area (Å²) in [6.07, 6.45) is 8.37. The van der Waals surface area contributed by atoms with Crippen LogP contribution in [-0.2, 0) is 9.47 Å². The summed E-state index contributed by atoms with van der Waals surface area (Å²) in [6.45, 7) is 18.7. The lowest BCUT2D eigenvalue weighted by Crippen LogP contribution is -2.39. The third-order valence-corrected chi connectivity index (χ3v) is 8.83. The van der Waals surface area contributed by atoms with Gasteiger partial charge in [0.05, 0.1) is 34.8 Å². The van der Waals surface area contributed by atoms with E-state index < -0.39 is 0 Å². The summed E-state index contributed by atoms with van der Waals surface area (Å²) >= 11 is 3.47. The lowest BCUT2D eigenvalue weighted by molar-refractivity contribution is -0.0616. The SMILES string of the molecule is C/C(=C/CC(C)/C(C)=C/c1csc(C)n1)CCCC(C)C(O)C(C)SC(C)(C)C1OCCO1. The van der Waals surface area contributed by atoms with Crippen LogP contribution in [0, 0.1) is 18.8 Å². The molecule has 4 unspecified atom stereocenters. The van der Waals surface area contributed by atoms with Crippen LogP contribution in [0.4, 0.5) is 0 Å². The average molecular weight is 496 g/mol. The number of nitrogens with zero attached hydrogens (tertiary/aromatic N) is 1. The molecule has 188 valence electrons. The molecule has 6 heteroatoms. The van der Waals surface area contributed by atoms with Crippen LogP contribution >= 0.6 is 23.1 Å². The summed E-state index contributed by atoms with van der Waals surface area (Å²) in [5.74, 6) is 0.781. The topological polar surface area (TPSA) is 51.6 Å². The lowest BCUT2D eigenvalue weighted by atomic mass is 9.93. The van der Waals surface area contributed by atoms with Gasteiger partial charge in [0.25, 0.3) is 0 Å². The van der Waals surface area contributed by atoms with Gasteiger partial charge in [0, 0.05) is 10.6 Å². The number of aromatic nitrogens is 1. The number of aliphatic hydroxyl groups excluding tert-OH is 1. The summed E-state index contributed by atoms with van der Waals surface area (Å²) in [4.78, 5) is 4.54. The van der Waals surface area contributed by atoms with Gasteiger partial charge in [0.1, 0.15) is 0 Å². The quantitative estimate of drug-likeness (QED) is 0.292. The normalized spacial score (nSPS) is 20.2. The molecule has 0 radical (unpaired) electrons. The molecular formula is C27H45NO3S2. The highest BCUT2D eigenvalue weighted by Crippen LogP contribution is 2.38. The molecule has 1 saturated heterocycles. The van der Waals surface area contributed by atoms with Gasteiger partial charge in [-0.05, 0) is 78.2 Å². The van der Waals surface area contributed by atoms with E-state index in [1.807, 2.05) is 6.92 Å². The molecule has 0 saturated carbocycles. The highest BCUT2D eigenvalue weighted by Gasteiger charge is 2.38. The van der Waals surface area contributed by atoms with Crippen molar-refractivity contribution in [3.8, 4) is 0 Å². The van der Waals surface area contributed by atoms with Crippen LogP contribution in [0.2, 0.25) is 0 Å². The Morgan fingerprint density at radius 3 is 2.55 bits per heavy atom. The number of thioether (sulfide) groups is 1. The molecule has 1 aliphatic rings. The number of ether oxygens (including phenoxy) is 2. The largest absolute Gasteiger partial charge is 0.392 e. The molecule has 4 nitrogen and oxygen atoms in total. The number of allylic oxidation sites excluding steroid dienone is 3. The second-order valence-corrected chi connectivity index (χ2v) is 13.3. The second-order valence-electron chi connectivity index (χ2n) is 10.2. The van der Waals surface area contributed by atoms with Crippen molar-refractivity contribution >= 4 is 29.2 Å². The van der Waals surface area contributed by atoms with Crippen LogP contribution in [-0.4, -0.2) is 45.7 Å². The van der Waals surface area contributed by atoms with E-state index in [0.717, 1.165) is 36.4 Å². The average Bonchev–Trinajstić information content (AvgIpc) is 3.43. The minimum absolute atomic E-state index is 0.136. The molecule has 1 N–H and O–H groups in total. The number of rotatable bonds is 13. The third kappa shape index (κ3) is 9.48. The molecule has 4 atom stereocenters. The molecule has 2 rings (SSSR count). The zero-order valence-corrected chi connectivity index (χ0v) is 23.5. The van der Waals surface area contributed by atoms with Crippen LogP contribution in [0.15, 0.2) is 22.6 Å². The monoisotopic (exact) mass is 495 g/mol. The predicted octanol–water partition coefficient (Wildman–Crippen LogP) is 7.27. The standard InChI is InChI=1S/C27H45NO3S2/c1-18(12-13-19(2)21(4)16-24-17-32-23(6)28-24)10-9-11-20(3)25(29)22(5)33-27(7,8)26-30-14-15-31-26/h12,16-17,19-20,22,25-26,29H,9-11,13-15H2,1-8H3/b18-12-,21-16+. The van der Waals surface area contributed by atoms with Crippen LogP contribution in [0.5, 0.6) is 0 Å². The van der Waals surface area contributed by atoms with Gasteiger partial charge in [-0.15, -0.1) is 23.1 Å². The minimum Gasteiger partial charge on any atom is -0.392 e. The van der Waals surface area contributed by atoms with Crippen LogP contribution in [0.25, 0.3) is 6.08 Å². The van der Waals surface area contributed by atoms with Gasteiger partial charge in [0.2, 0.25) is 0 Å². The van der Waals surface area contributed by atoms with Crippen molar-refractivity contribution in [1.82, 2.24) is 4.98 Å². The van der Waals surface area contributed by atoms with Crippen molar-refractivity contribution < 1.29 is 14.6 Å². The Bertz CT molecular complexity index is 780. The number of aliphatic hydroxyl groups is 1. The van der Waals surface area contributed by atoms with E-state index in [4.69, 9.17) is 9.47 Å². The molecule has 0 spiro atoms. The lowest BCUT2D eigenvalue weighted by Gasteiger charge is -2.34. The van der Waals surface area contributed by atoms with Crippen molar-refractivity contribution in [2.75, 3.05) is 13.2 Å². The fourth-order valence-corrected chi connectivity index (χ4v) is 6.37. The Morgan fingerprint density at radius 1 is 1.27 bits per heavy atom. The second kappa shape index (κ2) is 13.4. The van der Waals surface area contributed by atoms with E-state index in [-0.39, 0.29) is 28.3 Å². The van der Waals surface area contributed by atoms with Crippen molar-refractivity contribution in [1.29, 1.82) is 0 Å². The molecule has 1 fully saturated rings. The Balaban J connectivity index is 1.72. The van der Waals surface area contributed by atoms with Gasteiger partial charge in [-0.2, -0.15) is 0 Å². The van der Waals surface area contributed by atoms with E-state index in [0.29, 0.717) is 19.1 Å². The highest BCUT2D eigenvalue weighted by atomic mass is 32.2. The first-order valence-corrected chi connectivity index (χ1v) is 14.1. The first kappa shape index (κ1) is 28.6. The van der Waals surface area contributed by atoms with Crippen molar-refractivity contribution in [2.45, 2.75) is 103 Å². The van der Waals surface area contributed by atoms with Gasteiger partial charge in [-0.25, -0.2) is 4.98 Å². The van der Waals surface area contributed by atoms with Gasteiger partial charge in [-0.3, -0.25) is 0 Å². The first-order valence-electron chi connectivity index (χ1n) is 12.3. The molecule has 2 heterocycles. The van der Waals surface area contributed by atoms with Crippen molar-refractivity contribution in [3.05, 3.63) is 33.3 Å². The summed E-state index contributed by atoms with van der Waals surface area (Å²) in [5, 5.41) is 14.3. The van der Waals surface area contributed by atoms with Gasteiger partial charge in [0.15, 0.2) is 6.29 Å².